The van der Waals surface area contributed by atoms with E-state index in [9.17, 15) is 13.6 Å². The number of rotatable bonds is 9. The zero-order valence-electron chi connectivity index (χ0n) is 16.4. The van der Waals surface area contributed by atoms with E-state index in [1.165, 1.54) is 31.4 Å². The lowest BCUT2D eigenvalue weighted by molar-refractivity contribution is -0.0512. The van der Waals surface area contributed by atoms with Crippen LogP contribution in [0, 0.1) is 0 Å². The molecule has 0 N–H and O–H groups in total. The van der Waals surface area contributed by atoms with Crippen LogP contribution in [0.25, 0.3) is 6.08 Å². The number of carbonyl (C=O) groups is 1. The lowest BCUT2D eigenvalue weighted by atomic mass is 10.1. The summed E-state index contributed by atoms with van der Waals surface area (Å²) in [4.78, 5) is 12.5. The Morgan fingerprint density at radius 2 is 1.87 bits per heavy atom. The Labute approximate surface area is 172 Å². The Morgan fingerprint density at radius 1 is 1.10 bits per heavy atom. The minimum atomic E-state index is -2.98. The Kier molecular flexibility index (Phi) is 6.79. The fraction of sp³-hybridized carbons (Fsp3) is 0.182. The van der Waals surface area contributed by atoms with Crippen LogP contribution in [-0.2, 0) is 6.54 Å². The van der Waals surface area contributed by atoms with E-state index < -0.39 is 6.61 Å². The first-order chi connectivity index (χ1) is 14.5. The fourth-order valence-electron chi connectivity index (χ4n) is 2.88. The maximum Gasteiger partial charge on any atom is 0.387 e. The van der Waals surface area contributed by atoms with Crippen LogP contribution >= 0.6 is 0 Å². The van der Waals surface area contributed by atoms with E-state index in [1.807, 2.05) is 30.5 Å². The molecule has 0 saturated heterocycles. The Bertz CT molecular complexity index is 1030. The third kappa shape index (κ3) is 5.22. The average molecular weight is 414 g/mol. The van der Waals surface area contributed by atoms with Gasteiger partial charge in [0.2, 0.25) is 0 Å². The predicted octanol–water partition coefficient (Wildman–Crippen LogP) is 4.45. The van der Waals surface area contributed by atoms with Crippen LogP contribution < -0.4 is 14.2 Å². The van der Waals surface area contributed by atoms with E-state index in [-0.39, 0.29) is 22.8 Å². The molecule has 30 heavy (non-hydrogen) atoms. The van der Waals surface area contributed by atoms with Crippen molar-refractivity contribution in [3.05, 3.63) is 77.6 Å². The van der Waals surface area contributed by atoms with Crippen LogP contribution in [0.3, 0.4) is 0 Å². The number of allylic oxidation sites excluding steroid dienone is 1. The number of ketones is 1. The van der Waals surface area contributed by atoms with E-state index >= 15 is 0 Å². The van der Waals surface area contributed by atoms with E-state index in [2.05, 4.69) is 9.84 Å². The predicted molar refractivity (Wildman–Crippen MR) is 107 cm³/mol. The van der Waals surface area contributed by atoms with Gasteiger partial charge in [-0.1, -0.05) is 12.1 Å². The lowest BCUT2D eigenvalue weighted by Crippen LogP contribution is -2.04. The number of methoxy groups -OCH3 is 2. The molecule has 0 amide bonds. The van der Waals surface area contributed by atoms with Gasteiger partial charge < -0.3 is 14.2 Å². The first-order valence-electron chi connectivity index (χ1n) is 8.99. The summed E-state index contributed by atoms with van der Waals surface area (Å²) in [6, 6.07) is 11.4. The summed E-state index contributed by atoms with van der Waals surface area (Å²) < 4.78 is 41.5. The van der Waals surface area contributed by atoms with Gasteiger partial charge >= 0.3 is 6.61 Å². The summed E-state index contributed by atoms with van der Waals surface area (Å²) >= 11 is 0. The van der Waals surface area contributed by atoms with Crippen molar-refractivity contribution in [3.8, 4) is 17.2 Å². The van der Waals surface area contributed by atoms with Gasteiger partial charge in [-0.05, 0) is 48.0 Å². The first-order valence-corrected chi connectivity index (χ1v) is 8.99. The summed E-state index contributed by atoms with van der Waals surface area (Å²) in [7, 11) is 2.91. The normalized spacial score (nSPS) is 11.1. The second-order valence-corrected chi connectivity index (χ2v) is 6.22. The van der Waals surface area contributed by atoms with Gasteiger partial charge in [0.25, 0.3) is 0 Å². The number of alkyl halides is 2. The maximum atomic E-state index is 12.5. The lowest BCUT2D eigenvalue weighted by Gasteiger charge is -2.10. The van der Waals surface area contributed by atoms with Gasteiger partial charge in [0.1, 0.15) is 5.75 Å². The fourth-order valence-corrected chi connectivity index (χ4v) is 2.88. The SMILES string of the molecule is COc1ccc(/C=C/C(=O)c2ccc(OC(F)F)c(OC)c2)cc1Cn1cccn1. The minimum Gasteiger partial charge on any atom is -0.496 e. The van der Waals surface area contributed by atoms with E-state index in [4.69, 9.17) is 9.47 Å². The Hall–Kier alpha value is -3.68. The molecule has 0 fully saturated rings. The van der Waals surface area contributed by atoms with Gasteiger partial charge in [-0.2, -0.15) is 13.9 Å². The molecular weight excluding hydrogens is 394 g/mol. The van der Waals surface area contributed by atoms with Crippen molar-refractivity contribution in [3.63, 3.8) is 0 Å². The summed E-state index contributed by atoms with van der Waals surface area (Å²) in [6.45, 7) is -2.46. The number of hydrogen-bond donors (Lipinski definition) is 0. The van der Waals surface area contributed by atoms with E-state index in [0.717, 1.165) is 11.1 Å². The number of aromatic nitrogens is 2. The highest BCUT2D eigenvalue weighted by atomic mass is 19.3. The monoisotopic (exact) mass is 414 g/mol. The topological polar surface area (TPSA) is 62.6 Å². The molecule has 3 aromatic rings. The molecule has 0 unspecified atom stereocenters. The highest BCUT2D eigenvalue weighted by Gasteiger charge is 2.13. The van der Waals surface area contributed by atoms with Gasteiger partial charge in [-0.3, -0.25) is 9.48 Å². The second kappa shape index (κ2) is 9.69. The molecule has 0 aliphatic carbocycles. The molecule has 8 heteroatoms. The van der Waals surface area contributed by atoms with Crippen molar-refractivity contribution < 1.29 is 27.8 Å². The van der Waals surface area contributed by atoms with Crippen molar-refractivity contribution in [2.75, 3.05) is 14.2 Å². The van der Waals surface area contributed by atoms with Gasteiger partial charge in [0, 0.05) is 23.5 Å². The van der Waals surface area contributed by atoms with Crippen molar-refractivity contribution in [1.82, 2.24) is 9.78 Å². The zero-order valence-corrected chi connectivity index (χ0v) is 16.4. The molecule has 6 nitrogen and oxygen atoms in total. The maximum absolute atomic E-state index is 12.5. The molecule has 156 valence electrons. The van der Waals surface area contributed by atoms with Crippen molar-refractivity contribution in [1.29, 1.82) is 0 Å². The molecule has 0 bridgehead atoms. The smallest absolute Gasteiger partial charge is 0.387 e. The molecular formula is C22H20F2N2O4. The molecule has 0 aliphatic rings. The molecule has 1 aromatic heterocycles. The van der Waals surface area contributed by atoms with E-state index in [1.54, 1.807) is 24.1 Å². The van der Waals surface area contributed by atoms with Gasteiger partial charge in [-0.15, -0.1) is 0 Å². The summed E-state index contributed by atoms with van der Waals surface area (Å²) in [5.41, 5.74) is 2.00. The quantitative estimate of drug-likeness (QED) is 0.383. The van der Waals surface area contributed by atoms with Gasteiger partial charge in [-0.25, -0.2) is 0 Å². The van der Waals surface area contributed by atoms with E-state index in [0.29, 0.717) is 12.3 Å². The number of nitrogens with zero attached hydrogens (tertiary/aromatic N) is 2. The molecule has 0 aliphatic heterocycles. The van der Waals surface area contributed by atoms with Crippen LogP contribution in [0.4, 0.5) is 8.78 Å². The van der Waals surface area contributed by atoms with Crippen LogP contribution in [0.2, 0.25) is 0 Å². The molecule has 2 aromatic carbocycles. The zero-order chi connectivity index (χ0) is 21.5. The molecule has 3 rings (SSSR count). The average Bonchev–Trinajstić information content (AvgIpc) is 3.25. The number of halogens is 2. The highest BCUT2D eigenvalue weighted by molar-refractivity contribution is 6.07. The molecule has 0 spiro atoms. The third-order valence-electron chi connectivity index (χ3n) is 4.29. The van der Waals surface area contributed by atoms with Crippen LogP contribution in [0.15, 0.2) is 60.9 Å². The largest absolute Gasteiger partial charge is 0.496 e. The number of ether oxygens (including phenoxy) is 3. The van der Waals surface area contributed by atoms with Gasteiger partial charge in [0.05, 0.1) is 20.8 Å². The minimum absolute atomic E-state index is 0.0560. The van der Waals surface area contributed by atoms with Crippen molar-refractivity contribution in [2.45, 2.75) is 13.2 Å². The molecule has 0 atom stereocenters. The number of hydrogen-bond acceptors (Lipinski definition) is 5. The molecule has 1 heterocycles. The number of benzene rings is 2. The van der Waals surface area contributed by atoms with Crippen molar-refractivity contribution >= 4 is 11.9 Å². The summed E-state index contributed by atoms with van der Waals surface area (Å²) in [6.07, 6.45) is 6.62. The van der Waals surface area contributed by atoms with Crippen LogP contribution in [-0.4, -0.2) is 36.4 Å². The van der Waals surface area contributed by atoms with Crippen LogP contribution in [0.5, 0.6) is 17.2 Å². The number of carbonyl (C=O) groups excluding carboxylic acids is 1. The van der Waals surface area contributed by atoms with Gasteiger partial charge in [0.15, 0.2) is 17.3 Å². The Morgan fingerprint density at radius 3 is 2.53 bits per heavy atom. The van der Waals surface area contributed by atoms with Crippen molar-refractivity contribution in [2.24, 2.45) is 0 Å². The summed E-state index contributed by atoms with van der Waals surface area (Å²) in [5, 5.41) is 4.19. The second-order valence-electron chi connectivity index (χ2n) is 6.22. The molecule has 0 saturated carbocycles. The van der Waals surface area contributed by atoms with Crippen LogP contribution in [0.1, 0.15) is 21.5 Å². The third-order valence-corrected chi connectivity index (χ3v) is 4.29. The summed E-state index contributed by atoms with van der Waals surface area (Å²) in [5.74, 6) is 0.335. The Balaban J connectivity index is 1.79. The first kappa shape index (κ1) is 21.0. The standard InChI is InChI=1S/C22H20F2N2O4/c1-28-19-8-5-15(12-17(19)14-26-11-3-10-25-26)4-7-18(27)16-6-9-20(30-22(23)24)21(13-16)29-2/h3-13,22H,14H2,1-2H3/b7-4+. The molecule has 0 radical (unpaired) electrons. The highest BCUT2D eigenvalue weighted by Crippen LogP contribution is 2.30.